The number of rotatable bonds is 8. The lowest BCUT2D eigenvalue weighted by atomic mass is 10.2. The Balaban J connectivity index is 1.55. The number of aryl methyl sites for hydroxylation is 1. The van der Waals surface area contributed by atoms with E-state index < -0.39 is 15.7 Å². The number of aromatic nitrogens is 2. The summed E-state index contributed by atoms with van der Waals surface area (Å²) in [7, 11) is -1.88. The molecule has 28 heavy (non-hydrogen) atoms. The lowest BCUT2D eigenvalue weighted by Crippen LogP contribution is -2.23. The standard InChI is InChI=1S/C19H19N3O5S/c1-26-15-9-7-14(8-10-15)13-20-18(23)19-21-17(22-27-19)11-12-28(24,25)16-5-3-2-4-6-16/h2-10H,11-13H2,1H3,(H,20,23). The largest absolute Gasteiger partial charge is 0.497 e. The van der Waals surface area contributed by atoms with E-state index in [0.717, 1.165) is 11.3 Å². The van der Waals surface area contributed by atoms with Gasteiger partial charge in [-0.15, -0.1) is 0 Å². The number of hydrogen-bond donors (Lipinski definition) is 1. The van der Waals surface area contributed by atoms with E-state index in [2.05, 4.69) is 15.5 Å². The van der Waals surface area contributed by atoms with Crippen molar-refractivity contribution >= 4 is 15.7 Å². The minimum Gasteiger partial charge on any atom is -0.497 e. The van der Waals surface area contributed by atoms with Gasteiger partial charge in [-0.3, -0.25) is 4.79 Å². The van der Waals surface area contributed by atoms with Gasteiger partial charge in [0.1, 0.15) is 5.75 Å². The van der Waals surface area contributed by atoms with Crippen LogP contribution in [-0.2, 0) is 22.8 Å². The van der Waals surface area contributed by atoms with Gasteiger partial charge in [-0.05, 0) is 29.8 Å². The van der Waals surface area contributed by atoms with Gasteiger partial charge >= 0.3 is 11.8 Å². The quantitative estimate of drug-likeness (QED) is 0.615. The number of carbonyl (C=O) groups excluding carboxylic acids is 1. The van der Waals surface area contributed by atoms with E-state index in [1.807, 2.05) is 12.1 Å². The van der Waals surface area contributed by atoms with Crippen LogP contribution in [0.1, 0.15) is 22.1 Å². The Bertz CT molecular complexity index is 1030. The number of amides is 1. The van der Waals surface area contributed by atoms with Crippen molar-refractivity contribution in [1.29, 1.82) is 0 Å². The number of methoxy groups -OCH3 is 1. The molecule has 3 aromatic rings. The van der Waals surface area contributed by atoms with Crippen LogP contribution < -0.4 is 10.1 Å². The lowest BCUT2D eigenvalue weighted by molar-refractivity contribution is 0.0907. The van der Waals surface area contributed by atoms with Gasteiger partial charge in [-0.2, -0.15) is 4.98 Å². The molecule has 0 spiro atoms. The maximum absolute atomic E-state index is 12.3. The van der Waals surface area contributed by atoms with Crippen LogP contribution in [0.5, 0.6) is 5.75 Å². The van der Waals surface area contributed by atoms with Crippen molar-refractivity contribution in [3.05, 3.63) is 71.9 Å². The molecule has 0 bridgehead atoms. The number of nitrogens with zero attached hydrogens (tertiary/aromatic N) is 2. The summed E-state index contributed by atoms with van der Waals surface area (Å²) in [6.07, 6.45) is 0.0481. The summed E-state index contributed by atoms with van der Waals surface area (Å²) in [6, 6.07) is 15.4. The van der Waals surface area contributed by atoms with Crippen LogP contribution >= 0.6 is 0 Å². The zero-order valence-electron chi connectivity index (χ0n) is 15.2. The molecule has 0 radical (unpaired) electrons. The predicted octanol–water partition coefficient (Wildman–Crippen LogP) is 2.02. The van der Waals surface area contributed by atoms with E-state index in [9.17, 15) is 13.2 Å². The molecule has 0 saturated carbocycles. The third-order valence-corrected chi connectivity index (χ3v) is 5.70. The first-order valence-corrected chi connectivity index (χ1v) is 10.1. The molecular weight excluding hydrogens is 382 g/mol. The van der Waals surface area contributed by atoms with Crippen LogP contribution in [0, 0.1) is 0 Å². The number of hydrogen-bond acceptors (Lipinski definition) is 7. The molecule has 8 nitrogen and oxygen atoms in total. The molecular formula is C19H19N3O5S. The highest BCUT2D eigenvalue weighted by molar-refractivity contribution is 7.91. The summed E-state index contributed by atoms with van der Waals surface area (Å²) in [6.45, 7) is 0.281. The van der Waals surface area contributed by atoms with Gasteiger partial charge in [0.2, 0.25) is 0 Å². The molecule has 1 N–H and O–H groups in total. The molecule has 9 heteroatoms. The second-order valence-electron chi connectivity index (χ2n) is 5.93. The highest BCUT2D eigenvalue weighted by atomic mass is 32.2. The minimum atomic E-state index is -3.45. The van der Waals surface area contributed by atoms with Crippen molar-refractivity contribution < 1.29 is 22.5 Å². The normalized spacial score (nSPS) is 11.2. The summed E-state index contributed by atoms with van der Waals surface area (Å²) in [5.41, 5.74) is 0.878. The van der Waals surface area contributed by atoms with Crippen LogP contribution in [0.3, 0.4) is 0 Å². The van der Waals surface area contributed by atoms with Crippen molar-refractivity contribution in [2.24, 2.45) is 0 Å². The van der Waals surface area contributed by atoms with E-state index in [1.165, 1.54) is 12.1 Å². The van der Waals surface area contributed by atoms with Gasteiger partial charge in [-0.25, -0.2) is 8.42 Å². The summed E-state index contributed by atoms with van der Waals surface area (Å²) >= 11 is 0. The van der Waals surface area contributed by atoms with Crippen molar-refractivity contribution in [2.75, 3.05) is 12.9 Å². The average Bonchev–Trinajstić information content (AvgIpc) is 3.21. The molecule has 1 amide bonds. The first-order valence-electron chi connectivity index (χ1n) is 8.49. The average molecular weight is 401 g/mol. The Hall–Kier alpha value is -3.20. The highest BCUT2D eigenvalue weighted by Crippen LogP contribution is 2.12. The van der Waals surface area contributed by atoms with E-state index >= 15 is 0 Å². The number of nitrogens with one attached hydrogen (secondary N) is 1. The van der Waals surface area contributed by atoms with Crippen molar-refractivity contribution in [3.63, 3.8) is 0 Å². The number of sulfone groups is 1. The summed E-state index contributed by atoms with van der Waals surface area (Å²) in [5, 5.41) is 6.35. The number of carbonyl (C=O) groups is 1. The van der Waals surface area contributed by atoms with Crippen LogP contribution in [0.15, 0.2) is 64.0 Å². The van der Waals surface area contributed by atoms with Crippen LogP contribution in [0.4, 0.5) is 0 Å². The molecule has 0 saturated heterocycles. The van der Waals surface area contributed by atoms with E-state index in [0.29, 0.717) is 0 Å². The maximum atomic E-state index is 12.3. The monoisotopic (exact) mass is 401 g/mol. The molecule has 1 heterocycles. The van der Waals surface area contributed by atoms with E-state index in [1.54, 1.807) is 37.4 Å². The lowest BCUT2D eigenvalue weighted by Gasteiger charge is -2.04. The fourth-order valence-corrected chi connectivity index (χ4v) is 3.68. The zero-order chi connectivity index (χ0) is 20.0. The molecule has 0 unspecified atom stereocenters. The van der Waals surface area contributed by atoms with Gasteiger partial charge in [-0.1, -0.05) is 35.5 Å². The first kappa shape index (κ1) is 19.6. The van der Waals surface area contributed by atoms with Gasteiger partial charge in [0.05, 0.1) is 17.8 Å². The summed E-state index contributed by atoms with van der Waals surface area (Å²) in [4.78, 5) is 16.3. The summed E-state index contributed by atoms with van der Waals surface area (Å²) < 4.78 is 34.6. The Morgan fingerprint density at radius 1 is 1.11 bits per heavy atom. The molecule has 0 fully saturated rings. The van der Waals surface area contributed by atoms with Crippen molar-refractivity contribution in [3.8, 4) is 5.75 Å². The third kappa shape index (κ3) is 4.95. The number of benzene rings is 2. The molecule has 1 aromatic heterocycles. The molecule has 0 aliphatic rings. The summed E-state index contributed by atoms with van der Waals surface area (Å²) in [5.74, 6) is -0.0269. The van der Waals surface area contributed by atoms with Crippen molar-refractivity contribution in [2.45, 2.75) is 17.9 Å². The SMILES string of the molecule is COc1ccc(CNC(=O)c2nc(CCS(=O)(=O)c3ccccc3)no2)cc1. The highest BCUT2D eigenvalue weighted by Gasteiger charge is 2.18. The van der Waals surface area contributed by atoms with Gasteiger partial charge < -0.3 is 14.6 Å². The van der Waals surface area contributed by atoms with Gasteiger partial charge in [0.25, 0.3) is 0 Å². The van der Waals surface area contributed by atoms with Crippen LogP contribution in [0.25, 0.3) is 0 Å². The second-order valence-corrected chi connectivity index (χ2v) is 8.04. The molecule has 3 rings (SSSR count). The van der Waals surface area contributed by atoms with Gasteiger partial charge in [0, 0.05) is 13.0 Å². The van der Waals surface area contributed by atoms with Crippen molar-refractivity contribution in [1.82, 2.24) is 15.5 Å². The second kappa shape index (κ2) is 8.66. The Labute approximate surface area is 162 Å². The molecule has 2 aromatic carbocycles. The Morgan fingerprint density at radius 2 is 1.82 bits per heavy atom. The smallest absolute Gasteiger partial charge is 0.315 e. The third-order valence-electron chi connectivity index (χ3n) is 3.97. The van der Waals surface area contributed by atoms with Crippen LogP contribution in [-0.4, -0.2) is 37.3 Å². The minimum absolute atomic E-state index is 0.0481. The van der Waals surface area contributed by atoms with E-state index in [-0.39, 0.29) is 35.3 Å². The Kier molecular flexibility index (Phi) is 6.05. The number of ether oxygens (including phenoxy) is 1. The molecule has 0 aliphatic heterocycles. The first-order chi connectivity index (χ1) is 13.5. The van der Waals surface area contributed by atoms with E-state index in [4.69, 9.17) is 9.26 Å². The fourth-order valence-electron chi connectivity index (χ4n) is 2.42. The zero-order valence-corrected chi connectivity index (χ0v) is 16.0. The molecule has 146 valence electrons. The van der Waals surface area contributed by atoms with Crippen LogP contribution in [0.2, 0.25) is 0 Å². The fraction of sp³-hybridized carbons (Fsp3) is 0.211. The topological polar surface area (TPSA) is 111 Å². The maximum Gasteiger partial charge on any atom is 0.315 e. The molecule has 0 atom stereocenters. The predicted molar refractivity (Wildman–Crippen MR) is 101 cm³/mol. The molecule has 0 aliphatic carbocycles. The Morgan fingerprint density at radius 3 is 2.50 bits per heavy atom. The van der Waals surface area contributed by atoms with Gasteiger partial charge in [0.15, 0.2) is 15.7 Å².